The monoisotopic (exact) mass is 284 g/mol. The number of nitrogens with one attached hydrogen (secondary N) is 2. The predicted molar refractivity (Wildman–Crippen MR) is 87.9 cm³/mol. The molecule has 0 fully saturated rings. The summed E-state index contributed by atoms with van der Waals surface area (Å²) in [4.78, 5) is 12.5. The van der Waals surface area contributed by atoms with Gasteiger partial charge in [-0.25, -0.2) is 0 Å². The molecule has 0 spiro atoms. The van der Waals surface area contributed by atoms with E-state index < -0.39 is 5.54 Å². The molecule has 0 aliphatic carbocycles. The van der Waals surface area contributed by atoms with Gasteiger partial charge in [0.05, 0.1) is 5.54 Å². The van der Waals surface area contributed by atoms with Gasteiger partial charge in [-0.15, -0.1) is 0 Å². The lowest BCUT2D eigenvalue weighted by Crippen LogP contribution is -2.57. The molecule has 0 heterocycles. The van der Waals surface area contributed by atoms with E-state index in [0.717, 1.165) is 25.8 Å². The first kappa shape index (κ1) is 19.4. The minimum Gasteiger partial charge on any atom is -0.352 e. The second kappa shape index (κ2) is 10.2. The van der Waals surface area contributed by atoms with Gasteiger partial charge in [0, 0.05) is 6.04 Å². The Morgan fingerprint density at radius 1 is 1.15 bits per heavy atom. The van der Waals surface area contributed by atoms with Crippen LogP contribution in [-0.2, 0) is 4.79 Å². The Morgan fingerprint density at radius 3 is 2.25 bits per heavy atom. The lowest BCUT2D eigenvalue weighted by atomic mass is 9.91. The van der Waals surface area contributed by atoms with Crippen molar-refractivity contribution in [2.75, 3.05) is 6.54 Å². The number of hydrogen-bond acceptors (Lipinski definition) is 2. The molecule has 3 heteroatoms. The molecule has 3 nitrogen and oxygen atoms in total. The maximum atomic E-state index is 12.5. The second-order valence-electron chi connectivity index (χ2n) is 6.51. The summed E-state index contributed by atoms with van der Waals surface area (Å²) < 4.78 is 0. The third-order valence-electron chi connectivity index (χ3n) is 4.01. The van der Waals surface area contributed by atoms with Crippen LogP contribution in [0.15, 0.2) is 0 Å². The Balaban J connectivity index is 4.63. The summed E-state index contributed by atoms with van der Waals surface area (Å²) >= 11 is 0. The van der Waals surface area contributed by atoms with Gasteiger partial charge in [-0.05, 0) is 46.1 Å². The molecular weight excluding hydrogens is 248 g/mol. The van der Waals surface area contributed by atoms with Crippen molar-refractivity contribution in [1.29, 1.82) is 0 Å². The van der Waals surface area contributed by atoms with Gasteiger partial charge in [0.1, 0.15) is 0 Å². The van der Waals surface area contributed by atoms with Crippen LogP contribution in [0.2, 0.25) is 0 Å². The first-order chi connectivity index (χ1) is 9.39. The van der Waals surface area contributed by atoms with Crippen molar-refractivity contribution in [1.82, 2.24) is 10.6 Å². The van der Waals surface area contributed by atoms with Crippen LogP contribution in [0.4, 0.5) is 0 Å². The van der Waals surface area contributed by atoms with E-state index in [0.29, 0.717) is 5.92 Å². The number of carbonyl (C=O) groups is 1. The highest BCUT2D eigenvalue weighted by molar-refractivity contribution is 5.86. The van der Waals surface area contributed by atoms with Crippen LogP contribution in [0.25, 0.3) is 0 Å². The summed E-state index contributed by atoms with van der Waals surface area (Å²) in [5.41, 5.74) is -0.429. The van der Waals surface area contributed by atoms with Gasteiger partial charge in [-0.1, -0.05) is 46.5 Å². The fraction of sp³-hybridized carbons (Fsp3) is 0.941. The van der Waals surface area contributed by atoms with Crippen molar-refractivity contribution in [2.45, 2.75) is 91.6 Å². The highest BCUT2D eigenvalue weighted by atomic mass is 16.2. The lowest BCUT2D eigenvalue weighted by Gasteiger charge is -2.32. The van der Waals surface area contributed by atoms with E-state index in [1.165, 1.54) is 19.3 Å². The predicted octanol–water partition coefficient (Wildman–Crippen LogP) is 3.88. The van der Waals surface area contributed by atoms with Crippen molar-refractivity contribution < 1.29 is 4.79 Å². The number of unbranched alkanes of at least 4 members (excludes halogenated alkanes) is 1. The fourth-order valence-corrected chi connectivity index (χ4v) is 2.46. The van der Waals surface area contributed by atoms with E-state index in [9.17, 15) is 4.79 Å². The number of carbonyl (C=O) groups excluding carboxylic acids is 1. The van der Waals surface area contributed by atoms with E-state index in [4.69, 9.17) is 0 Å². The molecule has 120 valence electrons. The molecule has 2 atom stereocenters. The van der Waals surface area contributed by atoms with Gasteiger partial charge in [0.25, 0.3) is 0 Å². The van der Waals surface area contributed by atoms with Gasteiger partial charge in [-0.3, -0.25) is 4.79 Å². The highest BCUT2D eigenvalue weighted by Crippen LogP contribution is 2.17. The molecule has 0 radical (unpaired) electrons. The van der Waals surface area contributed by atoms with Gasteiger partial charge >= 0.3 is 0 Å². The quantitative estimate of drug-likeness (QED) is 0.604. The number of rotatable bonds is 11. The topological polar surface area (TPSA) is 41.1 Å². The second-order valence-corrected chi connectivity index (χ2v) is 6.51. The van der Waals surface area contributed by atoms with Crippen LogP contribution in [0.5, 0.6) is 0 Å². The summed E-state index contributed by atoms with van der Waals surface area (Å²) in [6.45, 7) is 13.7. The lowest BCUT2D eigenvalue weighted by molar-refractivity contribution is -0.128. The SMILES string of the molecule is CCCCC(C)(NCC(CC)CCC)C(=O)NC(C)C. The standard InChI is InChI=1S/C17H36N2O/c1-7-10-12-17(6,16(20)19-14(4)5)18-13-15(9-3)11-8-2/h14-15,18H,7-13H2,1-6H3,(H,19,20). The summed E-state index contributed by atoms with van der Waals surface area (Å²) in [6.07, 6.45) is 6.74. The molecule has 0 saturated carbocycles. The van der Waals surface area contributed by atoms with Crippen LogP contribution in [-0.4, -0.2) is 24.0 Å². The molecular formula is C17H36N2O. The van der Waals surface area contributed by atoms with Gasteiger partial charge < -0.3 is 10.6 Å². The van der Waals surface area contributed by atoms with Crippen molar-refractivity contribution in [3.05, 3.63) is 0 Å². The Hall–Kier alpha value is -0.570. The van der Waals surface area contributed by atoms with Crippen LogP contribution in [0.1, 0.15) is 80.1 Å². The zero-order valence-electron chi connectivity index (χ0n) is 14.5. The Kier molecular flexibility index (Phi) is 9.91. The average Bonchev–Trinajstić information content (AvgIpc) is 2.40. The first-order valence-electron chi connectivity index (χ1n) is 8.45. The molecule has 0 aromatic carbocycles. The van der Waals surface area contributed by atoms with Gasteiger partial charge in [-0.2, -0.15) is 0 Å². The molecule has 2 N–H and O–H groups in total. The van der Waals surface area contributed by atoms with Crippen LogP contribution < -0.4 is 10.6 Å². The molecule has 0 aliphatic heterocycles. The summed E-state index contributed by atoms with van der Waals surface area (Å²) in [7, 11) is 0. The van der Waals surface area contributed by atoms with Gasteiger partial charge in [0.2, 0.25) is 5.91 Å². The Morgan fingerprint density at radius 2 is 1.80 bits per heavy atom. The molecule has 20 heavy (non-hydrogen) atoms. The van der Waals surface area contributed by atoms with Crippen molar-refractivity contribution in [2.24, 2.45) is 5.92 Å². The minimum atomic E-state index is -0.429. The molecule has 0 aromatic heterocycles. The Bertz CT molecular complexity index is 266. The third-order valence-corrected chi connectivity index (χ3v) is 4.01. The molecule has 0 aromatic rings. The van der Waals surface area contributed by atoms with E-state index >= 15 is 0 Å². The largest absolute Gasteiger partial charge is 0.352 e. The molecule has 0 bridgehead atoms. The zero-order chi connectivity index (χ0) is 15.6. The molecule has 0 saturated heterocycles. The minimum absolute atomic E-state index is 0.146. The fourth-order valence-electron chi connectivity index (χ4n) is 2.46. The summed E-state index contributed by atoms with van der Waals surface area (Å²) in [6, 6.07) is 0.197. The van der Waals surface area contributed by atoms with Crippen molar-refractivity contribution in [3.63, 3.8) is 0 Å². The normalized spacial score (nSPS) is 15.9. The van der Waals surface area contributed by atoms with Crippen LogP contribution >= 0.6 is 0 Å². The van der Waals surface area contributed by atoms with E-state index in [-0.39, 0.29) is 11.9 Å². The first-order valence-corrected chi connectivity index (χ1v) is 8.45. The molecule has 0 rings (SSSR count). The van der Waals surface area contributed by atoms with E-state index in [2.05, 4.69) is 38.3 Å². The summed E-state index contributed by atoms with van der Waals surface area (Å²) in [5.74, 6) is 0.820. The molecule has 2 unspecified atom stereocenters. The van der Waals surface area contributed by atoms with E-state index in [1.807, 2.05) is 13.8 Å². The smallest absolute Gasteiger partial charge is 0.240 e. The Labute approximate surface area is 126 Å². The van der Waals surface area contributed by atoms with E-state index in [1.54, 1.807) is 0 Å². The zero-order valence-corrected chi connectivity index (χ0v) is 14.5. The van der Waals surface area contributed by atoms with Crippen LogP contribution in [0, 0.1) is 5.92 Å². The maximum absolute atomic E-state index is 12.5. The number of hydrogen-bond donors (Lipinski definition) is 2. The number of amides is 1. The van der Waals surface area contributed by atoms with Crippen molar-refractivity contribution >= 4 is 5.91 Å². The third kappa shape index (κ3) is 7.28. The average molecular weight is 284 g/mol. The van der Waals surface area contributed by atoms with Crippen molar-refractivity contribution in [3.8, 4) is 0 Å². The van der Waals surface area contributed by atoms with Gasteiger partial charge in [0.15, 0.2) is 0 Å². The molecule has 0 aliphatic rings. The highest BCUT2D eigenvalue weighted by Gasteiger charge is 2.32. The van der Waals surface area contributed by atoms with Crippen LogP contribution in [0.3, 0.4) is 0 Å². The summed E-state index contributed by atoms with van der Waals surface area (Å²) in [5, 5.41) is 6.62. The molecule has 1 amide bonds. The maximum Gasteiger partial charge on any atom is 0.240 e.